The number of rotatable bonds is 4. The number of aromatic hydroxyl groups is 1. The predicted octanol–water partition coefficient (Wildman–Crippen LogP) is 1.86. The number of phenols is 1. The molecule has 0 aliphatic carbocycles. The van der Waals surface area contributed by atoms with Gasteiger partial charge in [-0.05, 0) is 30.2 Å². The molecule has 0 fully saturated rings. The van der Waals surface area contributed by atoms with Crippen molar-refractivity contribution in [1.82, 2.24) is 15.1 Å². The van der Waals surface area contributed by atoms with Gasteiger partial charge in [0, 0.05) is 24.3 Å². The molecular weight excluding hydrogens is 310 g/mol. The topological polar surface area (TPSA) is 67.2 Å². The Morgan fingerprint density at radius 3 is 2.95 bits per heavy atom. The Kier molecular flexibility index (Phi) is 4.21. The van der Waals surface area contributed by atoms with Crippen molar-refractivity contribution in [2.24, 2.45) is 7.05 Å². The largest absolute Gasteiger partial charge is 0.507 e. The number of aryl methyl sites for hydroxylation is 1. The minimum absolute atomic E-state index is 0.0340. The molecule has 19 heavy (non-hydrogen) atoms. The van der Waals surface area contributed by atoms with Crippen molar-refractivity contribution in [2.75, 3.05) is 6.54 Å². The number of amides is 1. The lowest BCUT2D eigenvalue weighted by molar-refractivity contribution is 0.0951. The fourth-order valence-corrected chi connectivity index (χ4v) is 2.06. The highest BCUT2D eigenvalue weighted by molar-refractivity contribution is 9.10. The summed E-state index contributed by atoms with van der Waals surface area (Å²) in [6, 6.07) is 4.80. The van der Waals surface area contributed by atoms with E-state index in [0.29, 0.717) is 13.0 Å². The molecular formula is C13H14BrN3O2. The maximum absolute atomic E-state index is 11.9. The zero-order valence-corrected chi connectivity index (χ0v) is 12.0. The van der Waals surface area contributed by atoms with E-state index >= 15 is 0 Å². The second kappa shape index (κ2) is 5.88. The maximum Gasteiger partial charge on any atom is 0.255 e. The van der Waals surface area contributed by atoms with E-state index in [1.807, 2.05) is 13.2 Å². The molecule has 2 rings (SSSR count). The number of hydrogen-bond donors (Lipinski definition) is 2. The van der Waals surface area contributed by atoms with Gasteiger partial charge in [-0.15, -0.1) is 0 Å². The van der Waals surface area contributed by atoms with Gasteiger partial charge in [0.15, 0.2) is 0 Å². The quantitative estimate of drug-likeness (QED) is 0.902. The molecule has 0 bridgehead atoms. The van der Waals surface area contributed by atoms with E-state index in [0.717, 1.165) is 10.0 Å². The number of halogens is 1. The number of aromatic nitrogens is 2. The lowest BCUT2D eigenvalue weighted by Gasteiger charge is -2.06. The van der Waals surface area contributed by atoms with Crippen LogP contribution in [0.3, 0.4) is 0 Å². The van der Waals surface area contributed by atoms with Crippen molar-refractivity contribution in [1.29, 1.82) is 0 Å². The molecule has 100 valence electrons. The van der Waals surface area contributed by atoms with E-state index in [2.05, 4.69) is 26.3 Å². The molecule has 1 aromatic carbocycles. The molecule has 1 heterocycles. The van der Waals surface area contributed by atoms with Crippen molar-refractivity contribution >= 4 is 21.8 Å². The molecule has 5 nitrogen and oxygen atoms in total. The van der Waals surface area contributed by atoms with Crippen molar-refractivity contribution in [3.63, 3.8) is 0 Å². The number of hydrogen-bond acceptors (Lipinski definition) is 3. The minimum atomic E-state index is -0.283. The molecule has 0 aliphatic heterocycles. The highest BCUT2D eigenvalue weighted by Crippen LogP contribution is 2.21. The van der Waals surface area contributed by atoms with Gasteiger partial charge in [-0.1, -0.05) is 15.9 Å². The second-order valence-electron chi connectivity index (χ2n) is 4.19. The minimum Gasteiger partial charge on any atom is -0.507 e. The molecule has 1 amide bonds. The highest BCUT2D eigenvalue weighted by atomic mass is 79.9. The Bertz CT molecular complexity index is 595. The fourth-order valence-electron chi connectivity index (χ4n) is 1.71. The van der Waals surface area contributed by atoms with Crippen molar-refractivity contribution in [2.45, 2.75) is 6.42 Å². The number of nitrogens with one attached hydrogen (secondary N) is 1. The van der Waals surface area contributed by atoms with Gasteiger partial charge in [0.2, 0.25) is 0 Å². The van der Waals surface area contributed by atoms with E-state index in [-0.39, 0.29) is 17.2 Å². The summed E-state index contributed by atoms with van der Waals surface area (Å²) >= 11 is 3.23. The average molecular weight is 324 g/mol. The molecule has 0 saturated carbocycles. The van der Waals surface area contributed by atoms with Crippen LogP contribution in [0.1, 0.15) is 15.9 Å². The third-order valence-electron chi connectivity index (χ3n) is 2.66. The molecule has 6 heteroatoms. The molecule has 2 aromatic rings. The first kappa shape index (κ1) is 13.6. The summed E-state index contributed by atoms with van der Waals surface area (Å²) in [5.41, 5.74) is 1.33. The molecule has 0 aliphatic rings. The van der Waals surface area contributed by atoms with Crippen molar-refractivity contribution in [3.8, 4) is 5.75 Å². The summed E-state index contributed by atoms with van der Waals surface area (Å²) < 4.78 is 2.45. The SMILES string of the molecule is Cn1cc(CCNC(=O)c2ccc(Br)cc2O)cn1. The zero-order chi connectivity index (χ0) is 13.8. The standard InChI is InChI=1S/C13H14BrN3O2/c1-17-8-9(7-16-17)4-5-15-13(19)11-3-2-10(14)6-12(11)18/h2-3,6-8,18H,4-5H2,1H3,(H,15,19). The number of nitrogens with zero attached hydrogens (tertiary/aromatic N) is 2. The second-order valence-corrected chi connectivity index (χ2v) is 5.11. The zero-order valence-electron chi connectivity index (χ0n) is 10.4. The van der Waals surface area contributed by atoms with Gasteiger partial charge in [-0.2, -0.15) is 5.10 Å². The Balaban J connectivity index is 1.90. The summed E-state index contributed by atoms with van der Waals surface area (Å²) in [5, 5.41) is 16.5. The van der Waals surface area contributed by atoms with Crippen LogP contribution in [0.25, 0.3) is 0 Å². The molecule has 0 unspecified atom stereocenters. The third-order valence-corrected chi connectivity index (χ3v) is 3.16. The average Bonchev–Trinajstić information content (AvgIpc) is 2.75. The smallest absolute Gasteiger partial charge is 0.255 e. The van der Waals surface area contributed by atoms with Crippen LogP contribution in [0, 0.1) is 0 Å². The first-order chi connectivity index (χ1) is 9.06. The van der Waals surface area contributed by atoms with Crippen LogP contribution >= 0.6 is 15.9 Å². The van der Waals surface area contributed by atoms with Crippen LogP contribution in [0.15, 0.2) is 35.1 Å². The maximum atomic E-state index is 11.9. The van der Waals surface area contributed by atoms with Crippen LogP contribution in [-0.4, -0.2) is 27.3 Å². The lowest BCUT2D eigenvalue weighted by Crippen LogP contribution is -2.25. The number of carbonyl (C=O) groups is 1. The van der Waals surface area contributed by atoms with Gasteiger partial charge >= 0.3 is 0 Å². The first-order valence-corrected chi connectivity index (χ1v) is 6.60. The van der Waals surface area contributed by atoms with E-state index in [9.17, 15) is 9.90 Å². The van der Waals surface area contributed by atoms with Gasteiger partial charge in [-0.3, -0.25) is 9.48 Å². The van der Waals surface area contributed by atoms with Crippen LogP contribution in [0.4, 0.5) is 0 Å². The van der Waals surface area contributed by atoms with Crippen LogP contribution < -0.4 is 5.32 Å². The van der Waals surface area contributed by atoms with Crippen LogP contribution in [-0.2, 0) is 13.5 Å². The predicted molar refractivity (Wildman–Crippen MR) is 75.1 cm³/mol. The molecule has 1 aromatic heterocycles. The molecule has 0 saturated heterocycles. The summed E-state index contributed by atoms with van der Waals surface area (Å²) in [6.45, 7) is 0.500. The van der Waals surface area contributed by atoms with Crippen LogP contribution in [0.2, 0.25) is 0 Å². The number of phenolic OH excluding ortho intramolecular Hbond substituents is 1. The Hall–Kier alpha value is -1.82. The summed E-state index contributed by atoms with van der Waals surface area (Å²) in [5.74, 6) is -0.317. The Labute approximate surface area is 119 Å². The van der Waals surface area contributed by atoms with E-state index in [4.69, 9.17) is 0 Å². The van der Waals surface area contributed by atoms with Crippen molar-refractivity contribution in [3.05, 3.63) is 46.2 Å². The highest BCUT2D eigenvalue weighted by Gasteiger charge is 2.10. The number of carbonyl (C=O) groups excluding carboxylic acids is 1. The number of benzene rings is 1. The Morgan fingerprint density at radius 2 is 2.32 bits per heavy atom. The summed E-state index contributed by atoms with van der Waals surface area (Å²) in [6.07, 6.45) is 4.38. The van der Waals surface area contributed by atoms with Gasteiger partial charge in [0.05, 0.1) is 11.8 Å². The lowest BCUT2D eigenvalue weighted by atomic mass is 10.2. The van der Waals surface area contributed by atoms with Gasteiger partial charge in [0.1, 0.15) is 5.75 Å². The first-order valence-electron chi connectivity index (χ1n) is 5.80. The molecule has 0 spiro atoms. The molecule has 0 atom stereocenters. The van der Waals surface area contributed by atoms with Crippen molar-refractivity contribution < 1.29 is 9.90 Å². The summed E-state index contributed by atoms with van der Waals surface area (Å²) in [7, 11) is 1.85. The third kappa shape index (κ3) is 3.57. The molecule has 2 N–H and O–H groups in total. The van der Waals surface area contributed by atoms with Gasteiger partial charge in [0.25, 0.3) is 5.91 Å². The summed E-state index contributed by atoms with van der Waals surface area (Å²) in [4.78, 5) is 11.9. The van der Waals surface area contributed by atoms with Crippen LogP contribution in [0.5, 0.6) is 5.75 Å². The Morgan fingerprint density at radius 1 is 1.53 bits per heavy atom. The monoisotopic (exact) mass is 323 g/mol. The van der Waals surface area contributed by atoms with E-state index < -0.39 is 0 Å². The molecule has 0 radical (unpaired) electrons. The van der Waals surface area contributed by atoms with E-state index in [1.54, 1.807) is 23.0 Å². The normalized spacial score (nSPS) is 10.4. The fraction of sp³-hybridized carbons (Fsp3) is 0.231. The van der Waals surface area contributed by atoms with E-state index in [1.165, 1.54) is 6.07 Å². The van der Waals surface area contributed by atoms with Gasteiger partial charge < -0.3 is 10.4 Å². The van der Waals surface area contributed by atoms with Gasteiger partial charge in [-0.25, -0.2) is 0 Å².